The molecule has 6 nitrogen and oxygen atoms in total. The quantitative estimate of drug-likeness (QED) is 0.887. The molecule has 1 heterocycles. The van der Waals surface area contributed by atoms with Gasteiger partial charge in [0, 0.05) is 13.1 Å². The molecule has 3 atom stereocenters. The molecule has 0 aliphatic carbocycles. The van der Waals surface area contributed by atoms with E-state index in [4.69, 9.17) is 4.74 Å². The average molecular weight is 292 g/mol. The Hall–Kier alpha value is -2.08. The summed E-state index contributed by atoms with van der Waals surface area (Å²) >= 11 is 0. The van der Waals surface area contributed by atoms with E-state index in [1.54, 1.807) is 35.2 Å². The summed E-state index contributed by atoms with van der Waals surface area (Å²) in [6.45, 7) is 4.69. The predicted molar refractivity (Wildman–Crippen MR) is 76.9 cm³/mol. The Bertz CT molecular complexity index is 496. The van der Waals surface area contributed by atoms with Crippen LogP contribution in [0.2, 0.25) is 0 Å². The summed E-state index contributed by atoms with van der Waals surface area (Å²) in [6, 6.07) is 7.23. The highest BCUT2D eigenvalue weighted by Gasteiger charge is 2.29. The number of hydrogen-bond donors (Lipinski definition) is 2. The highest BCUT2D eigenvalue weighted by atomic mass is 16.5. The van der Waals surface area contributed by atoms with Gasteiger partial charge in [-0.05, 0) is 19.4 Å². The highest BCUT2D eigenvalue weighted by Crippen LogP contribution is 2.15. The second-order valence-corrected chi connectivity index (χ2v) is 5.29. The molecule has 0 aromatic heterocycles. The number of carbonyl (C=O) groups is 2. The molecule has 0 spiro atoms. The minimum absolute atomic E-state index is 0.0560. The first-order valence-corrected chi connectivity index (χ1v) is 6.96. The van der Waals surface area contributed by atoms with Crippen molar-refractivity contribution in [2.75, 3.05) is 13.1 Å². The number of nitrogens with zero attached hydrogens (tertiary/aromatic N) is 1. The van der Waals surface area contributed by atoms with Crippen molar-refractivity contribution in [2.24, 2.45) is 0 Å². The van der Waals surface area contributed by atoms with E-state index in [-0.39, 0.29) is 18.2 Å². The number of urea groups is 1. The maximum absolute atomic E-state index is 12.3. The summed E-state index contributed by atoms with van der Waals surface area (Å²) in [5.41, 5.74) is 0.549. The fourth-order valence-electron chi connectivity index (χ4n) is 2.49. The van der Waals surface area contributed by atoms with Crippen LogP contribution in [0.15, 0.2) is 30.3 Å². The Morgan fingerprint density at radius 2 is 1.81 bits per heavy atom. The number of ether oxygens (including phenoxy) is 1. The van der Waals surface area contributed by atoms with Gasteiger partial charge in [-0.1, -0.05) is 30.3 Å². The van der Waals surface area contributed by atoms with E-state index in [1.165, 1.54) is 0 Å². The molecule has 21 heavy (non-hydrogen) atoms. The zero-order valence-corrected chi connectivity index (χ0v) is 12.2. The maximum atomic E-state index is 12.3. The number of benzene rings is 1. The topological polar surface area (TPSA) is 78.9 Å². The molecule has 114 valence electrons. The number of nitrogens with one attached hydrogen (secondary N) is 1. The van der Waals surface area contributed by atoms with Gasteiger partial charge in [-0.25, -0.2) is 9.59 Å². The maximum Gasteiger partial charge on any atom is 0.330 e. The van der Waals surface area contributed by atoms with E-state index in [9.17, 15) is 14.7 Å². The molecule has 1 aliphatic heterocycles. The summed E-state index contributed by atoms with van der Waals surface area (Å²) in [5, 5.41) is 11.9. The van der Waals surface area contributed by atoms with Gasteiger partial charge in [-0.15, -0.1) is 0 Å². The summed E-state index contributed by atoms with van der Waals surface area (Å²) in [4.78, 5) is 25.3. The van der Waals surface area contributed by atoms with E-state index >= 15 is 0 Å². The lowest BCUT2D eigenvalue weighted by atomic mass is 10.1. The number of rotatable bonds is 3. The molecule has 1 saturated heterocycles. The number of carboxylic acids is 1. The predicted octanol–water partition coefficient (Wildman–Crippen LogP) is 1.63. The van der Waals surface area contributed by atoms with Crippen molar-refractivity contribution < 1.29 is 19.4 Å². The van der Waals surface area contributed by atoms with Gasteiger partial charge >= 0.3 is 12.0 Å². The number of morpholine rings is 1. The smallest absolute Gasteiger partial charge is 0.330 e. The lowest BCUT2D eigenvalue weighted by Gasteiger charge is -2.35. The van der Waals surface area contributed by atoms with Gasteiger partial charge in [0.15, 0.2) is 6.04 Å². The zero-order valence-electron chi connectivity index (χ0n) is 12.2. The summed E-state index contributed by atoms with van der Waals surface area (Å²) in [7, 11) is 0. The fraction of sp³-hybridized carbons (Fsp3) is 0.467. The van der Waals surface area contributed by atoms with E-state index in [2.05, 4.69) is 5.32 Å². The molecule has 2 rings (SSSR count). The van der Waals surface area contributed by atoms with Crippen LogP contribution in [0.5, 0.6) is 0 Å². The molecule has 2 amide bonds. The average Bonchev–Trinajstić information content (AvgIpc) is 2.44. The molecule has 0 saturated carbocycles. The zero-order chi connectivity index (χ0) is 15.4. The number of hydrogen-bond acceptors (Lipinski definition) is 3. The Morgan fingerprint density at radius 1 is 1.24 bits per heavy atom. The molecule has 1 unspecified atom stereocenters. The molecular weight excluding hydrogens is 272 g/mol. The van der Waals surface area contributed by atoms with Crippen LogP contribution in [0.25, 0.3) is 0 Å². The van der Waals surface area contributed by atoms with Crippen LogP contribution in [0, 0.1) is 0 Å². The van der Waals surface area contributed by atoms with Crippen LogP contribution in [0.3, 0.4) is 0 Å². The van der Waals surface area contributed by atoms with E-state index in [0.29, 0.717) is 18.7 Å². The lowest BCUT2D eigenvalue weighted by molar-refractivity contribution is -0.139. The lowest BCUT2D eigenvalue weighted by Crippen LogP contribution is -2.52. The molecule has 1 fully saturated rings. The largest absolute Gasteiger partial charge is 0.479 e. The van der Waals surface area contributed by atoms with Gasteiger partial charge in [-0.3, -0.25) is 0 Å². The molecule has 2 N–H and O–H groups in total. The Morgan fingerprint density at radius 3 is 2.33 bits per heavy atom. The van der Waals surface area contributed by atoms with Crippen LogP contribution in [0.1, 0.15) is 25.5 Å². The van der Waals surface area contributed by atoms with Crippen molar-refractivity contribution in [3.8, 4) is 0 Å². The second kappa shape index (κ2) is 6.58. The first-order chi connectivity index (χ1) is 9.97. The van der Waals surface area contributed by atoms with Crippen molar-refractivity contribution in [1.82, 2.24) is 10.2 Å². The van der Waals surface area contributed by atoms with Gasteiger partial charge in [0.2, 0.25) is 0 Å². The van der Waals surface area contributed by atoms with Crippen LogP contribution in [-0.2, 0) is 9.53 Å². The van der Waals surface area contributed by atoms with Gasteiger partial charge in [-0.2, -0.15) is 0 Å². The third kappa shape index (κ3) is 3.95. The third-order valence-electron chi connectivity index (χ3n) is 3.35. The normalized spacial score (nSPS) is 23.4. The first kappa shape index (κ1) is 15.3. The number of aliphatic carboxylic acids is 1. The van der Waals surface area contributed by atoms with Gasteiger partial charge in [0.05, 0.1) is 12.2 Å². The monoisotopic (exact) mass is 292 g/mol. The van der Waals surface area contributed by atoms with Crippen LogP contribution < -0.4 is 5.32 Å². The molecule has 0 bridgehead atoms. The molecular formula is C15H20N2O4. The molecule has 0 radical (unpaired) electrons. The SMILES string of the molecule is C[C@@H]1CN(C(=O)NC(C(=O)O)c2ccccc2)C[C@H](C)O1. The number of carboxylic acid groups (broad SMARTS) is 1. The Kier molecular flexibility index (Phi) is 4.80. The minimum atomic E-state index is -1.08. The molecule has 1 aliphatic rings. The van der Waals surface area contributed by atoms with E-state index in [1.807, 2.05) is 13.8 Å². The summed E-state index contributed by atoms with van der Waals surface area (Å²) < 4.78 is 5.57. The molecule has 6 heteroatoms. The van der Waals surface area contributed by atoms with Gasteiger partial charge in [0.1, 0.15) is 0 Å². The standard InChI is InChI=1S/C15H20N2O4/c1-10-8-17(9-11(2)21-10)15(20)16-13(14(18)19)12-6-4-3-5-7-12/h3-7,10-11,13H,8-9H2,1-2H3,(H,16,20)(H,18,19)/t10-,11+,13?. The molecule has 1 aromatic carbocycles. The van der Waals surface area contributed by atoms with Crippen LogP contribution >= 0.6 is 0 Å². The second-order valence-electron chi connectivity index (χ2n) is 5.29. The van der Waals surface area contributed by atoms with Crippen LogP contribution in [0.4, 0.5) is 4.79 Å². The first-order valence-electron chi connectivity index (χ1n) is 6.96. The number of carbonyl (C=O) groups excluding carboxylic acids is 1. The van der Waals surface area contributed by atoms with E-state index in [0.717, 1.165) is 0 Å². The van der Waals surface area contributed by atoms with Crippen LogP contribution in [-0.4, -0.2) is 47.3 Å². The van der Waals surface area contributed by atoms with Crippen molar-refractivity contribution >= 4 is 12.0 Å². The fourth-order valence-corrected chi connectivity index (χ4v) is 2.49. The summed E-state index contributed by atoms with van der Waals surface area (Å²) in [5.74, 6) is -1.08. The van der Waals surface area contributed by atoms with E-state index < -0.39 is 12.0 Å². The van der Waals surface area contributed by atoms with Gasteiger partial charge < -0.3 is 20.1 Å². The Labute approximate surface area is 123 Å². The van der Waals surface area contributed by atoms with Gasteiger partial charge in [0.25, 0.3) is 0 Å². The highest BCUT2D eigenvalue weighted by molar-refractivity contribution is 5.83. The third-order valence-corrected chi connectivity index (χ3v) is 3.35. The minimum Gasteiger partial charge on any atom is -0.479 e. The van der Waals surface area contributed by atoms with Crippen molar-refractivity contribution in [3.05, 3.63) is 35.9 Å². The summed E-state index contributed by atoms with van der Waals surface area (Å²) in [6.07, 6.45) is -0.112. The molecule has 1 aromatic rings. The Balaban J connectivity index is 2.07. The number of amides is 2. The van der Waals surface area contributed by atoms with Crippen molar-refractivity contribution in [2.45, 2.75) is 32.1 Å². The van der Waals surface area contributed by atoms with Crippen molar-refractivity contribution in [3.63, 3.8) is 0 Å². The van der Waals surface area contributed by atoms with Crippen molar-refractivity contribution in [1.29, 1.82) is 0 Å².